The molecule has 0 N–H and O–H groups in total. The fourth-order valence-electron chi connectivity index (χ4n) is 2.25. The number of nitrogens with zero attached hydrogens (tertiary/aromatic N) is 2. The summed E-state index contributed by atoms with van der Waals surface area (Å²) in [6, 6.07) is 12.9. The first-order chi connectivity index (χ1) is 13.3. The number of ether oxygens (including phenoxy) is 1. The minimum absolute atomic E-state index is 0.0968. The topological polar surface area (TPSA) is 107 Å². The van der Waals surface area contributed by atoms with E-state index in [9.17, 15) is 23.3 Å². The molecule has 0 heterocycles. The molecule has 8 nitrogen and oxygen atoms in total. The van der Waals surface area contributed by atoms with Crippen LogP contribution in [-0.4, -0.2) is 30.2 Å². The molecule has 0 unspecified atom stereocenters. The third kappa shape index (κ3) is 4.83. The number of nitro benzene ring substituents is 1. The van der Waals surface area contributed by atoms with Gasteiger partial charge in [0.15, 0.2) is 0 Å². The lowest BCUT2D eigenvalue weighted by Crippen LogP contribution is -2.25. The van der Waals surface area contributed by atoms with Gasteiger partial charge in [0.1, 0.15) is 0 Å². The van der Waals surface area contributed by atoms with E-state index in [-0.39, 0.29) is 22.9 Å². The molecule has 0 aliphatic rings. The molecular formula is C19H18N2O6S. The summed E-state index contributed by atoms with van der Waals surface area (Å²) >= 11 is 0. The third-order valence-corrected chi connectivity index (χ3v) is 5.34. The Labute approximate surface area is 162 Å². The first-order valence-electron chi connectivity index (χ1n) is 8.15. The SMILES string of the molecule is C=C(c1ccccc1)N(/C=C/C(=O)OCC)S(=O)(=O)c1ccc([N+](=O)[O-])cc1. The Morgan fingerprint density at radius 1 is 1.18 bits per heavy atom. The lowest BCUT2D eigenvalue weighted by Gasteiger charge is -2.22. The van der Waals surface area contributed by atoms with Crippen molar-refractivity contribution in [1.82, 2.24) is 4.31 Å². The average Bonchev–Trinajstić information content (AvgIpc) is 2.68. The van der Waals surface area contributed by atoms with E-state index in [4.69, 9.17) is 4.74 Å². The maximum atomic E-state index is 13.1. The number of carbonyl (C=O) groups is 1. The maximum absolute atomic E-state index is 13.1. The smallest absolute Gasteiger partial charge is 0.332 e. The highest BCUT2D eigenvalue weighted by molar-refractivity contribution is 7.89. The molecule has 0 radical (unpaired) electrons. The summed E-state index contributed by atoms with van der Waals surface area (Å²) in [5.41, 5.74) is 0.371. The molecule has 0 bridgehead atoms. The van der Waals surface area contributed by atoms with E-state index in [2.05, 4.69) is 6.58 Å². The zero-order valence-electron chi connectivity index (χ0n) is 15.0. The predicted octanol–water partition coefficient (Wildman–Crippen LogP) is 3.33. The van der Waals surface area contributed by atoms with E-state index in [1.165, 1.54) is 0 Å². The molecule has 0 saturated carbocycles. The van der Waals surface area contributed by atoms with Crippen molar-refractivity contribution in [3.63, 3.8) is 0 Å². The molecular weight excluding hydrogens is 384 g/mol. The molecule has 0 atom stereocenters. The van der Waals surface area contributed by atoms with Crippen LogP contribution >= 0.6 is 0 Å². The van der Waals surface area contributed by atoms with Crippen LogP contribution in [0.4, 0.5) is 5.69 Å². The summed E-state index contributed by atoms with van der Waals surface area (Å²) < 4.78 is 31.8. The Kier molecular flexibility index (Phi) is 6.67. The van der Waals surface area contributed by atoms with Gasteiger partial charge >= 0.3 is 5.97 Å². The summed E-state index contributed by atoms with van der Waals surface area (Å²) in [6.07, 6.45) is 2.02. The number of esters is 1. The van der Waals surface area contributed by atoms with Gasteiger partial charge in [0.05, 0.1) is 22.1 Å². The van der Waals surface area contributed by atoms with Gasteiger partial charge in [-0.05, 0) is 24.6 Å². The highest BCUT2D eigenvalue weighted by Crippen LogP contribution is 2.27. The zero-order chi connectivity index (χ0) is 20.7. The van der Waals surface area contributed by atoms with Crippen molar-refractivity contribution in [2.75, 3.05) is 6.61 Å². The monoisotopic (exact) mass is 402 g/mol. The van der Waals surface area contributed by atoms with Crippen molar-refractivity contribution in [2.24, 2.45) is 0 Å². The molecule has 0 saturated heterocycles. The molecule has 0 amide bonds. The van der Waals surface area contributed by atoms with Gasteiger partial charge in [0, 0.05) is 24.4 Å². The molecule has 9 heteroatoms. The normalized spacial score (nSPS) is 11.2. The van der Waals surface area contributed by atoms with Crippen LogP contribution in [0.1, 0.15) is 12.5 Å². The van der Waals surface area contributed by atoms with E-state index in [1.807, 2.05) is 0 Å². The molecule has 2 aromatic rings. The van der Waals surface area contributed by atoms with E-state index in [1.54, 1.807) is 37.3 Å². The molecule has 0 aromatic heterocycles. The number of carbonyl (C=O) groups excluding carboxylic acids is 1. The summed E-state index contributed by atoms with van der Waals surface area (Å²) in [5.74, 6) is -0.715. The van der Waals surface area contributed by atoms with E-state index < -0.39 is 20.9 Å². The molecule has 146 valence electrons. The standard InChI is InChI=1S/C19H18N2O6S/c1-3-27-19(22)13-14-20(15(2)16-7-5-4-6-8-16)28(25,26)18-11-9-17(10-12-18)21(23)24/h4-14H,2-3H2,1H3/b14-13+. The van der Waals surface area contributed by atoms with Crippen LogP contribution in [0.5, 0.6) is 0 Å². The molecule has 0 spiro atoms. The van der Waals surface area contributed by atoms with E-state index >= 15 is 0 Å². The third-order valence-electron chi connectivity index (χ3n) is 3.61. The summed E-state index contributed by atoms with van der Waals surface area (Å²) in [4.78, 5) is 21.6. The molecule has 0 aliphatic heterocycles. The number of sulfonamides is 1. The second-order valence-corrected chi connectivity index (χ2v) is 7.25. The van der Waals surface area contributed by atoms with E-state index in [0.29, 0.717) is 5.56 Å². The van der Waals surface area contributed by atoms with Crippen LogP contribution in [0.15, 0.2) is 78.3 Å². The van der Waals surface area contributed by atoms with Gasteiger partial charge in [0.2, 0.25) is 0 Å². The number of hydrogen-bond donors (Lipinski definition) is 0. The van der Waals surface area contributed by atoms with Crippen LogP contribution in [-0.2, 0) is 19.6 Å². The number of non-ortho nitro benzene ring substituents is 1. The Balaban J connectivity index is 2.48. The maximum Gasteiger partial charge on any atom is 0.332 e. The Hall–Kier alpha value is -3.46. The number of nitro groups is 1. The van der Waals surface area contributed by atoms with Gasteiger partial charge in [-0.3, -0.25) is 10.1 Å². The lowest BCUT2D eigenvalue weighted by molar-refractivity contribution is -0.384. The highest BCUT2D eigenvalue weighted by Gasteiger charge is 2.25. The van der Waals surface area contributed by atoms with Gasteiger partial charge in [-0.1, -0.05) is 36.9 Å². The van der Waals surface area contributed by atoms with Crippen molar-refractivity contribution in [3.8, 4) is 0 Å². The average molecular weight is 402 g/mol. The van der Waals surface area contributed by atoms with E-state index in [0.717, 1.165) is 40.8 Å². The summed E-state index contributed by atoms with van der Waals surface area (Å²) in [5, 5.41) is 10.8. The second kappa shape index (κ2) is 8.96. The van der Waals surface area contributed by atoms with Crippen LogP contribution in [0.3, 0.4) is 0 Å². The fraction of sp³-hybridized carbons (Fsp3) is 0.105. The minimum atomic E-state index is -4.18. The van der Waals surface area contributed by atoms with Crippen LogP contribution < -0.4 is 0 Å². The second-order valence-electron chi connectivity index (χ2n) is 5.43. The molecule has 2 rings (SSSR count). The quantitative estimate of drug-likeness (QED) is 0.290. The van der Waals surface area contributed by atoms with Crippen molar-refractivity contribution >= 4 is 27.4 Å². The Morgan fingerprint density at radius 2 is 1.79 bits per heavy atom. The van der Waals surface area contributed by atoms with Gasteiger partial charge in [0.25, 0.3) is 15.7 Å². The number of rotatable bonds is 8. The first-order valence-corrected chi connectivity index (χ1v) is 9.59. The van der Waals surface area contributed by atoms with Crippen molar-refractivity contribution in [3.05, 3.63) is 89.1 Å². The van der Waals surface area contributed by atoms with Gasteiger partial charge in [-0.2, -0.15) is 0 Å². The molecule has 0 fully saturated rings. The zero-order valence-corrected chi connectivity index (χ0v) is 15.8. The van der Waals surface area contributed by atoms with Crippen LogP contribution in [0.2, 0.25) is 0 Å². The number of benzene rings is 2. The number of hydrogen-bond acceptors (Lipinski definition) is 6. The van der Waals surface area contributed by atoms with Crippen molar-refractivity contribution in [1.29, 1.82) is 0 Å². The summed E-state index contributed by atoms with van der Waals surface area (Å²) in [6.45, 7) is 5.58. The summed E-state index contributed by atoms with van der Waals surface area (Å²) in [7, 11) is -4.18. The van der Waals surface area contributed by atoms with Crippen LogP contribution in [0, 0.1) is 10.1 Å². The fourth-order valence-corrected chi connectivity index (χ4v) is 3.57. The molecule has 28 heavy (non-hydrogen) atoms. The molecule has 0 aliphatic carbocycles. The largest absolute Gasteiger partial charge is 0.463 e. The first kappa shape index (κ1) is 20.8. The van der Waals surface area contributed by atoms with Gasteiger partial charge in [-0.15, -0.1) is 0 Å². The Bertz CT molecular complexity index is 998. The lowest BCUT2D eigenvalue weighted by atomic mass is 10.2. The van der Waals surface area contributed by atoms with Gasteiger partial charge < -0.3 is 4.74 Å². The predicted molar refractivity (Wildman–Crippen MR) is 103 cm³/mol. The van der Waals surface area contributed by atoms with Gasteiger partial charge in [-0.25, -0.2) is 17.5 Å². The molecule has 2 aromatic carbocycles. The Morgan fingerprint density at radius 3 is 2.32 bits per heavy atom. The van der Waals surface area contributed by atoms with Crippen LogP contribution in [0.25, 0.3) is 5.70 Å². The minimum Gasteiger partial charge on any atom is -0.463 e. The highest BCUT2D eigenvalue weighted by atomic mass is 32.2. The van der Waals surface area contributed by atoms with Crippen molar-refractivity contribution < 1.29 is 22.9 Å². The van der Waals surface area contributed by atoms with Crippen molar-refractivity contribution in [2.45, 2.75) is 11.8 Å².